The quantitative estimate of drug-likeness (QED) is 0.772. The lowest BCUT2D eigenvalue weighted by molar-refractivity contribution is -0.116. The number of Topliss-reactive ketones (excluding diaryl/α,β-unsaturated/α-hetero) is 1. The highest BCUT2D eigenvalue weighted by atomic mass is 16.5. The molecule has 0 aliphatic rings. The summed E-state index contributed by atoms with van der Waals surface area (Å²) in [5.74, 6) is 1.21. The lowest BCUT2D eigenvalue weighted by Gasteiger charge is -2.16. The van der Waals surface area contributed by atoms with Gasteiger partial charge >= 0.3 is 0 Å². The van der Waals surface area contributed by atoms with Crippen LogP contribution in [0.5, 0.6) is 11.5 Å². The second kappa shape index (κ2) is 8.33. The first kappa shape index (κ1) is 18.5. The summed E-state index contributed by atoms with van der Waals surface area (Å²) in [5.41, 5.74) is 2.13. The van der Waals surface area contributed by atoms with Crippen molar-refractivity contribution in [1.29, 1.82) is 0 Å². The number of hydrogen-bond acceptors (Lipinski definition) is 4. The minimum Gasteiger partial charge on any atom is -0.497 e. The largest absolute Gasteiger partial charge is 0.497 e. The van der Waals surface area contributed by atoms with Crippen LogP contribution in [0.15, 0.2) is 42.5 Å². The molecule has 25 heavy (non-hydrogen) atoms. The number of ether oxygens (including phenoxy) is 2. The van der Waals surface area contributed by atoms with Crippen molar-refractivity contribution in [1.82, 2.24) is 0 Å². The van der Waals surface area contributed by atoms with Crippen molar-refractivity contribution in [3.8, 4) is 11.5 Å². The first-order valence-corrected chi connectivity index (χ1v) is 8.07. The van der Waals surface area contributed by atoms with Gasteiger partial charge in [0.15, 0.2) is 5.78 Å². The van der Waals surface area contributed by atoms with E-state index in [4.69, 9.17) is 9.47 Å². The van der Waals surface area contributed by atoms with Crippen LogP contribution in [0, 0.1) is 0 Å². The molecule has 2 rings (SSSR count). The van der Waals surface area contributed by atoms with E-state index in [1.54, 1.807) is 44.6 Å². The molecule has 0 spiro atoms. The smallest absolute Gasteiger partial charge is 0.224 e. The number of rotatable bonds is 7. The summed E-state index contributed by atoms with van der Waals surface area (Å²) in [7, 11) is 3.19. The fraction of sp³-hybridized carbons (Fsp3) is 0.300. The van der Waals surface area contributed by atoms with Crippen LogP contribution in [0.3, 0.4) is 0 Å². The third kappa shape index (κ3) is 4.83. The van der Waals surface area contributed by atoms with Crippen LogP contribution in [0.4, 0.5) is 5.69 Å². The highest BCUT2D eigenvalue weighted by Gasteiger charge is 2.16. The molecule has 1 N–H and O–H groups in total. The molecule has 5 nitrogen and oxygen atoms in total. The average Bonchev–Trinajstić information content (AvgIpc) is 2.61. The Hall–Kier alpha value is -2.82. The monoisotopic (exact) mass is 341 g/mol. The number of methoxy groups -OCH3 is 2. The summed E-state index contributed by atoms with van der Waals surface area (Å²) >= 11 is 0. The molecule has 1 unspecified atom stereocenters. The fourth-order valence-electron chi connectivity index (χ4n) is 2.64. The molecule has 1 atom stereocenters. The molecule has 0 radical (unpaired) electrons. The Bertz CT molecular complexity index is 770. The molecular formula is C20H23NO4. The maximum atomic E-state index is 12.3. The number of carbonyl (C=O) groups is 2. The van der Waals surface area contributed by atoms with E-state index < -0.39 is 0 Å². The Morgan fingerprint density at radius 3 is 2.48 bits per heavy atom. The van der Waals surface area contributed by atoms with Crippen molar-refractivity contribution in [2.45, 2.75) is 26.2 Å². The van der Waals surface area contributed by atoms with E-state index in [1.165, 1.54) is 6.92 Å². The molecule has 0 aromatic heterocycles. The Kier molecular flexibility index (Phi) is 6.17. The molecule has 0 fully saturated rings. The third-order valence-electron chi connectivity index (χ3n) is 4.02. The zero-order chi connectivity index (χ0) is 18.4. The molecule has 2 aromatic carbocycles. The molecule has 0 saturated heterocycles. The van der Waals surface area contributed by atoms with Crippen molar-refractivity contribution in [3.63, 3.8) is 0 Å². The summed E-state index contributed by atoms with van der Waals surface area (Å²) in [6.45, 7) is 3.47. The summed E-state index contributed by atoms with van der Waals surface area (Å²) in [4.78, 5) is 23.8. The second-order valence-corrected chi connectivity index (χ2v) is 5.90. The number of carbonyl (C=O) groups excluding carboxylic acids is 2. The van der Waals surface area contributed by atoms with Crippen LogP contribution in [-0.4, -0.2) is 25.9 Å². The van der Waals surface area contributed by atoms with Crippen molar-refractivity contribution in [3.05, 3.63) is 53.6 Å². The van der Waals surface area contributed by atoms with Gasteiger partial charge in [-0.1, -0.05) is 25.1 Å². The van der Waals surface area contributed by atoms with Gasteiger partial charge in [0, 0.05) is 23.7 Å². The Morgan fingerprint density at radius 1 is 1.08 bits per heavy atom. The zero-order valence-electron chi connectivity index (χ0n) is 15.0. The average molecular weight is 341 g/mol. The SMILES string of the molecule is COc1ccc(C(C)CC(=O)Nc2cccc(C(C)=O)c2)c(OC)c1. The lowest BCUT2D eigenvalue weighted by Crippen LogP contribution is -2.15. The molecule has 0 bridgehead atoms. The Balaban J connectivity index is 2.07. The highest BCUT2D eigenvalue weighted by Crippen LogP contribution is 2.32. The molecule has 0 heterocycles. The molecule has 5 heteroatoms. The van der Waals surface area contributed by atoms with E-state index in [0.717, 1.165) is 5.56 Å². The van der Waals surface area contributed by atoms with Gasteiger partial charge in [-0.2, -0.15) is 0 Å². The van der Waals surface area contributed by atoms with Gasteiger partial charge in [0.05, 0.1) is 14.2 Å². The summed E-state index contributed by atoms with van der Waals surface area (Å²) in [6, 6.07) is 12.5. The van der Waals surface area contributed by atoms with E-state index in [1.807, 2.05) is 19.1 Å². The van der Waals surface area contributed by atoms with Gasteiger partial charge in [-0.25, -0.2) is 0 Å². The Labute approximate surface area is 148 Å². The molecule has 0 aliphatic carbocycles. The predicted octanol–water partition coefficient (Wildman–Crippen LogP) is 4.04. The molecule has 0 saturated carbocycles. The maximum Gasteiger partial charge on any atom is 0.224 e. The number of anilines is 1. The van der Waals surface area contributed by atoms with Crippen LogP contribution < -0.4 is 14.8 Å². The fourth-order valence-corrected chi connectivity index (χ4v) is 2.64. The summed E-state index contributed by atoms with van der Waals surface area (Å²) < 4.78 is 10.6. The van der Waals surface area contributed by atoms with Crippen molar-refractivity contribution in [2.75, 3.05) is 19.5 Å². The topological polar surface area (TPSA) is 64.6 Å². The second-order valence-electron chi connectivity index (χ2n) is 5.90. The van der Waals surface area contributed by atoms with E-state index in [0.29, 0.717) is 29.2 Å². The number of hydrogen-bond donors (Lipinski definition) is 1. The minimum atomic E-state index is -0.119. The van der Waals surface area contributed by atoms with E-state index in [2.05, 4.69) is 5.32 Å². The van der Waals surface area contributed by atoms with E-state index in [-0.39, 0.29) is 17.6 Å². The highest BCUT2D eigenvalue weighted by molar-refractivity contribution is 5.97. The van der Waals surface area contributed by atoms with Crippen molar-refractivity contribution < 1.29 is 19.1 Å². The molecule has 1 amide bonds. The maximum absolute atomic E-state index is 12.3. The van der Waals surface area contributed by atoms with Crippen LogP contribution in [0.1, 0.15) is 42.1 Å². The van der Waals surface area contributed by atoms with E-state index in [9.17, 15) is 9.59 Å². The summed E-state index contributed by atoms with van der Waals surface area (Å²) in [5, 5.41) is 2.84. The standard InChI is InChI=1S/C20H23NO4/c1-13(18-9-8-17(24-3)12-19(18)25-4)10-20(23)21-16-7-5-6-15(11-16)14(2)22/h5-9,11-13H,10H2,1-4H3,(H,21,23). The van der Waals surface area contributed by atoms with Gasteiger partial charge in [-0.3, -0.25) is 9.59 Å². The van der Waals surface area contributed by atoms with E-state index >= 15 is 0 Å². The molecule has 0 aliphatic heterocycles. The van der Waals surface area contributed by atoms with Crippen LogP contribution >= 0.6 is 0 Å². The van der Waals surface area contributed by atoms with Crippen molar-refractivity contribution >= 4 is 17.4 Å². The number of ketones is 1. The zero-order valence-corrected chi connectivity index (χ0v) is 15.0. The normalized spacial score (nSPS) is 11.5. The number of amides is 1. The third-order valence-corrected chi connectivity index (χ3v) is 4.02. The summed E-state index contributed by atoms with van der Waals surface area (Å²) in [6.07, 6.45) is 0.299. The van der Waals surface area contributed by atoms with Crippen molar-refractivity contribution in [2.24, 2.45) is 0 Å². The molecular weight excluding hydrogens is 318 g/mol. The number of nitrogens with one attached hydrogen (secondary N) is 1. The van der Waals surface area contributed by atoms with Gasteiger partial charge in [0.2, 0.25) is 5.91 Å². The van der Waals surface area contributed by atoms with Gasteiger partial charge in [-0.05, 0) is 36.6 Å². The lowest BCUT2D eigenvalue weighted by atomic mass is 9.96. The number of benzene rings is 2. The van der Waals surface area contributed by atoms with Crippen LogP contribution in [-0.2, 0) is 4.79 Å². The first-order valence-electron chi connectivity index (χ1n) is 8.07. The van der Waals surface area contributed by atoms with Gasteiger partial charge in [0.25, 0.3) is 0 Å². The molecule has 2 aromatic rings. The Morgan fingerprint density at radius 2 is 1.84 bits per heavy atom. The van der Waals surface area contributed by atoms with Crippen LogP contribution in [0.2, 0.25) is 0 Å². The van der Waals surface area contributed by atoms with Gasteiger partial charge in [-0.15, -0.1) is 0 Å². The van der Waals surface area contributed by atoms with Crippen LogP contribution in [0.25, 0.3) is 0 Å². The molecule has 132 valence electrons. The van der Waals surface area contributed by atoms with Gasteiger partial charge in [0.1, 0.15) is 11.5 Å². The first-order chi connectivity index (χ1) is 11.9. The minimum absolute atomic E-state index is 0.0307. The predicted molar refractivity (Wildman–Crippen MR) is 97.7 cm³/mol. The van der Waals surface area contributed by atoms with Gasteiger partial charge < -0.3 is 14.8 Å².